The number of carboxylic acid groups (broad SMARTS) is 1. The second-order valence-electron chi connectivity index (χ2n) is 5.99. The zero-order valence-corrected chi connectivity index (χ0v) is 11.5. The fourth-order valence-electron chi connectivity index (χ4n) is 3.43. The van der Waals surface area contributed by atoms with E-state index in [9.17, 15) is 4.79 Å². The Morgan fingerprint density at radius 3 is 2.72 bits per heavy atom. The highest BCUT2D eigenvalue weighted by molar-refractivity contribution is 5.66. The normalized spacial score (nSPS) is 31.4. The number of carboxylic acids is 1. The number of rotatable bonds is 4. The molecule has 0 saturated carbocycles. The molecule has 18 heavy (non-hydrogen) atoms. The van der Waals surface area contributed by atoms with Gasteiger partial charge >= 0.3 is 5.97 Å². The molecule has 2 heterocycles. The number of carbonyl (C=O) groups is 1. The number of nitrogens with zero attached hydrogens (tertiary/aromatic N) is 2. The van der Waals surface area contributed by atoms with Gasteiger partial charge < -0.3 is 10.0 Å². The Bertz CT molecular complexity index is 283. The molecule has 2 rings (SSSR count). The Balaban J connectivity index is 1.80. The summed E-state index contributed by atoms with van der Waals surface area (Å²) in [6, 6.07) is 0.705. The fourth-order valence-corrected chi connectivity index (χ4v) is 3.43. The molecule has 0 aromatic rings. The summed E-state index contributed by atoms with van der Waals surface area (Å²) in [6.07, 6.45) is 6.27. The third-order valence-electron chi connectivity index (χ3n) is 4.43. The van der Waals surface area contributed by atoms with Crippen molar-refractivity contribution in [3.8, 4) is 0 Å². The Labute approximate surface area is 110 Å². The molecule has 0 aliphatic carbocycles. The van der Waals surface area contributed by atoms with Crippen LogP contribution in [0.3, 0.4) is 0 Å². The van der Waals surface area contributed by atoms with Gasteiger partial charge in [0.25, 0.3) is 0 Å². The molecule has 0 radical (unpaired) electrons. The quantitative estimate of drug-likeness (QED) is 0.828. The van der Waals surface area contributed by atoms with Crippen molar-refractivity contribution in [2.45, 2.75) is 44.6 Å². The van der Waals surface area contributed by atoms with Crippen LogP contribution in [-0.4, -0.2) is 60.1 Å². The van der Waals surface area contributed by atoms with Gasteiger partial charge in [-0.15, -0.1) is 0 Å². The van der Waals surface area contributed by atoms with E-state index < -0.39 is 5.97 Å². The first-order chi connectivity index (χ1) is 8.65. The van der Waals surface area contributed by atoms with Crippen molar-refractivity contribution in [3.05, 3.63) is 0 Å². The molecule has 4 heteroatoms. The van der Waals surface area contributed by atoms with Gasteiger partial charge in [0.15, 0.2) is 0 Å². The first kappa shape index (κ1) is 13.8. The highest BCUT2D eigenvalue weighted by Gasteiger charge is 2.28. The summed E-state index contributed by atoms with van der Waals surface area (Å²) in [7, 11) is 2.21. The van der Waals surface area contributed by atoms with Crippen molar-refractivity contribution in [1.82, 2.24) is 9.80 Å². The fraction of sp³-hybridized carbons (Fsp3) is 0.929. The van der Waals surface area contributed by atoms with Gasteiger partial charge in [0.1, 0.15) is 0 Å². The van der Waals surface area contributed by atoms with Crippen molar-refractivity contribution in [3.63, 3.8) is 0 Å². The maximum Gasteiger partial charge on any atom is 0.303 e. The maximum atomic E-state index is 10.6. The monoisotopic (exact) mass is 254 g/mol. The van der Waals surface area contributed by atoms with Crippen LogP contribution in [0.4, 0.5) is 0 Å². The molecule has 0 bridgehead atoms. The van der Waals surface area contributed by atoms with Gasteiger partial charge in [0, 0.05) is 25.6 Å². The lowest BCUT2D eigenvalue weighted by Crippen LogP contribution is -2.50. The number of hydrogen-bond acceptors (Lipinski definition) is 3. The first-order valence-electron chi connectivity index (χ1n) is 7.29. The lowest BCUT2D eigenvalue weighted by molar-refractivity contribution is -0.137. The van der Waals surface area contributed by atoms with Crippen molar-refractivity contribution >= 4 is 5.97 Å². The summed E-state index contributed by atoms with van der Waals surface area (Å²) in [5, 5.41) is 8.77. The van der Waals surface area contributed by atoms with Gasteiger partial charge in [-0.05, 0) is 58.2 Å². The van der Waals surface area contributed by atoms with Gasteiger partial charge in [0.05, 0.1) is 0 Å². The predicted octanol–water partition coefficient (Wildman–Crippen LogP) is 1.66. The number of hydrogen-bond donors (Lipinski definition) is 1. The first-order valence-corrected chi connectivity index (χ1v) is 7.29. The molecule has 2 aliphatic rings. The van der Waals surface area contributed by atoms with E-state index in [1.54, 1.807) is 0 Å². The molecule has 0 amide bonds. The predicted molar refractivity (Wildman–Crippen MR) is 71.7 cm³/mol. The molecule has 2 fully saturated rings. The van der Waals surface area contributed by atoms with E-state index in [-0.39, 0.29) is 0 Å². The second-order valence-corrected chi connectivity index (χ2v) is 5.99. The number of likely N-dealkylation sites (tertiary alicyclic amines) is 2. The standard InChI is InChI=1S/C14H26N2O2/c1-15-8-3-5-13(11-15)16-9-2-4-12(10-16)6-7-14(17)18/h12-13H,2-11H2,1H3,(H,17,18). The minimum atomic E-state index is -0.649. The number of likely N-dealkylation sites (N-methyl/N-ethyl adjacent to an activating group) is 1. The summed E-state index contributed by atoms with van der Waals surface area (Å²) in [6.45, 7) is 4.74. The van der Waals surface area contributed by atoms with Crippen molar-refractivity contribution in [1.29, 1.82) is 0 Å². The molecule has 2 atom stereocenters. The van der Waals surface area contributed by atoms with E-state index in [1.807, 2.05) is 0 Å². The van der Waals surface area contributed by atoms with Crippen LogP contribution in [-0.2, 0) is 4.79 Å². The zero-order chi connectivity index (χ0) is 13.0. The topological polar surface area (TPSA) is 43.8 Å². The van der Waals surface area contributed by atoms with Crippen LogP contribution in [0.2, 0.25) is 0 Å². The van der Waals surface area contributed by atoms with E-state index >= 15 is 0 Å². The SMILES string of the molecule is CN1CCCC(N2CCCC(CCC(=O)O)C2)C1. The van der Waals surface area contributed by atoms with Crippen LogP contribution in [0.1, 0.15) is 38.5 Å². The third-order valence-corrected chi connectivity index (χ3v) is 4.43. The molecule has 2 saturated heterocycles. The van der Waals surface area contributed by atoms with Crippen LogP contribution < -0.4 is 0 Å². The molecule has 2 unspecified atom stereocenters. The van der Waals surface area contributed by atoms with Crippen LogP contribution in [0.15, 0.2) is 0 Å². The van der Waals surface area contributed by atoms with E-state index in [4.69, 9.17) is 5.11 Å². The van der Waals surface area contributed by atoms with Crippen molar-refractivity contribution < 1.29 is 9.90 Å². The van der Waals surface area contributed by atoms with E-state index in [1.165, 1.54) is 45.3 Å². The molecule has 104 valence electrons. The zero-order valence-electron chi connectivity index (χ0n) is 11.5. The average Bonchev–Trinajstić information content (AvgIpc) is 2.37. The Morgan fingerprint density at radius 1 is 1.22 bits per heavy atom. The van der Waals surface area contributed by atoms with E-state index in [2.05, 4.69) is 16.8 Å². The van der Waals surface area contributed by atoms with E-state index in [0.717, 1.165) is 13.0 Å². The molecule has 0 aromatic carbocycles. The molecule has 2 aliphatic heterocycles. The van der Waals surface area contributed by atoms with Gasteiger partial charge in [-0.2, -0.15) is 0 Å². The van der Waals surface area contributed by atoms with Crippen LogP contribution >= 0.6 is 0 Å². The van der Waals surface area contributed by atoms with Crippen LogP contribution in [0.25, 0.3) is 0 Å². The Morgan fingerprint density at radius 2 is 2.00 bits per heavy atom. The molecular formula is C14H26N2O2. The largest absolute Gasteiger partial charge is 0.481 e. The molecule has 4 nitrogen and oxygen atoms in total. The van der Waals surface area contributed by atoms with Crippen molar-refractivity contribution in [2.75, 3.05) is 33.2 Å². The number of piperidine rings is 2. The smallest absolute Gasteiger partial charge is 0.303 e. The molecule has 1 N–H and O–H groups in total. The molecular weight excluding hydrogens is 228 g/mol. The third kappa shape index (κ3) is 3.95. The highest BCUT2D eigenvalue weighted by Crippen LogP contribution is 2.25. The summed E-state index contributed by atoms with van der Waals surface area (Å²) >= 11 is 0. The second kappa shape index (κ2) is 6.53. The van der Waals surface area contributed by atoms with Crippen molar-refractivity contribution in [2.24, 2.45) is 5.92 Å². The summed E-state index contributed by atoms with van der Waals surface area (Å²) in [4.78, 5) is 15.7. The van der Waals surface area contributed by atoms with Crippen LogP contribution in [0.5, 0.6) is 0 Å². The van der Waals surface area contributed by atoms with Crippen LogP contribution in [0, 0.1) is 5.92 Å². The Kier molecular flexibility index (Phi) is 5.01. The minimum Gasteiger partial charge on any atom is -0.481 e. The van der Waals surface area contributed by atoms with Gasteiger partial charge in [-0.25, -0.2) is 0 Å². The Hall–Kier alpha value is -0.610. The number of aliphatic carboxylic acids is 1. The molecule has 0 aromatic heterocycles. The van der Waals surface area contributed by atoms with E-state index in [0.29, 0.717) is 18.4 Å². The maximum absolute atomic E-state index is 10.6. The summed E-state index contributed by atoms with van der Waals surface area (Å²) in [5.41, 5.74) is 0. The minimum absolute atomic E-state index is 0.336. The summed E-state index contributed by atoms with van der Waals surface area (Å²) in [5.74, 6) is -0.0494. The van der Waals surface area contributed by atoms with Gasteiger partial charge in [0.2, 0.25) is 0 Å². The summed E-state index contributed by atoms with van der Waals surface area (Å²) < 4.78 is 0. The molecule has 0 spiro atoms. The van der Waals surface area contributed by atoms with Gasteiger partial charge in [-0.3, -0.25) is 9.69 Å². The lowest BCUT2D eigenvalue weighted by atomic mass is 9.91. The average molecular weight is 254 g/mol. The lowest BCUT2D eigenvalue weighted by Gasteiger charge is -2.42. The highest BCUT2D eigenvalue weighted by atomic mass is 16.4. The van der Waals surface area contributed by atoms with Gasteiger partial charge in [-0.1, -0.05) is 0 Å².